The van der Waals surface area contributed by atoms with Crippen LogP contribution in [0, 0.1) is 5.82 Å². The number of benzene rings is 1. The first-order valence-electron chi connectivity index (χ1n) is 4.88. The Morgan fingerprint density at radius 3 is 2.69 bits per heavy atom. The van der Waals surface area contributed by atoms with E-state index >= 15 is 0 Å². The second kappa shape index (κ2) is 4.18. The molecule has 3 nitrogen and oxygen atoms in total. The molecule has 16 heavy (non-hydrogen) atoms. The minimum absolute atomic E-state index is 0.354. The highest BCUT2D eigenvalue weighted by Gasteiger charge is 2.09. The van der Waals surface area contributed by atoms with Gasteiger partial charge in [-0.05, 0) is 30.3 Å². The fraction of sp³-hybridized carbons (Fsp3) is 0.0833. The number of hydrogen-bond acceptors (Lipinski definition) is 3. The summed E-state index contributed by atoms with van der Waals surface area (Å²) in [6.45, 7) is 0. The van der Waals surface area contributed by atoms with Crippen molar-refractivity contribution in [2.24, 2.45) is 0 Å². The number of aromatic nitrogens is 1. The van der Waals surface area contributed by atoms with Crippen LogP contribution < -0.4 is 10.6 Å². The molecule has 0 radical (unpaired) electrons. The Labute approximate surface area is 93.3 Å². The largest absolute Gasteiger partial charge is 0.399 e. The molecule has 1 aromatic heterocycles. The van der Waals surface area contributed by atoms with Gasteiger partial charge in [0.05, 0.1) is 5.69 Å². The predicted molar refractivity (Wildman–Crippen MR) is 63.1 cm³/mol. The molecule has 0 bridgehead atoms. The zero-order valence-corrected chi connectivity index (χ0v) is 8.89. The second-order valence-corrected chi connectivity index (χ2v) is 3.46. The smallest absolute Gasteiger partial charge is 0.148 e. The summed E-state index contributed by atoms with van der Waals surface area (Å²) in [6, 6.07) is 10.1. The van der Waals surface area contributed by atoms with E-state index in [2.05, 4.69) is 4.98 Å². The summed E-state index contributed by atoms with van der Waals surface area (Å²) >= 11 is 0. The van der Waals surface area contributed by atoms with E-state index in [1.165, 1.54) is 6.07 Å². The quantitative estimate of drug-likeness (QED) is 0.786. The summed E-state index contributed by atoms with van der Waals surface area (Å²) in [7, 11) is 1.76. The van der Waals surface area contributed by atoms with Crippen LogP contribution in [0.5, 0.6) is 0 Å². The predicted octanol–water partition coefficient (Wildman–Crippen LogP) is 2.57. The minimum Gasteiger partial charge on any atom is -0.399 e. The molecule has 0 fully saturated rings. The molecule has 0 spiro atoms. The van der Waals surface area contributed by atoms with Gasteiger partial charge in [0.1, 0.15) is 11.6 Å². The Morgan fingerprint density at radius 1 is 1.25 bits per heavy atom. The van der Waals surface area contributed by atoms with E-state index in [0.717, 1.165) is 0 Å². The van der Waals surface area contributed by atoms with E-state index in [1.807, 2.05) is 18.2 Å². The van der Waals surface area contributed by atoms with Gasteiger partial charge in [0.15, 0.2) is 0 Å². The van der Waals surface area contributed by atoms with E-state index in [0.29, 0.717) is 17.2 Å². The first kappa shape index (κ1) is 10.4. The molecule has 0 saturated carbocycles. The van der Waals surface area contributed by atoms with Gasteiger partial charge in [-0.25, -0.2) is 9.37 Å². The molecule has 0 aliphatic heterocycles. The van der Waals surface area contributed by atoms with Crippen LogP contribution in [0.15, 0.2) is 42.6 Å². The minimum atomic E-state index is -0.354. The van der Waals surface area contributed by atoms with Crippen molar-refractivity contribution >= 4 is 17.2 Å². The first-order valence-corrected chi connectivity index (χ1v) is 4.88. The van der Waals surface area contributed by atoms with E-state index in [1.54, 1.807) is 30.3 Å². The molecule has 0 unspecified atom stereocenters. The van der Waals surface area contributed by atoms with Gasteiger partial charge in [0.25, 0.3) is 0 Å². The molecule has 0 amide bonds. The lowest BCUT2D eigenvalue weighted by atomic mass is 10.2. The summed E-state index contributed by atoms with van der Waals surface area (Å²) in [4.78, 5) is 5.82. The van der Waals surface area contributed by atoms with Gasteiger partial charge >= 0.3 is 0 Å². The lowest BCUT2D eigenvalue weighted by molar-refractivity contribution is 0.628. The zero-order chi connectivity index (χ0) is 11.5. The standard InChI is InChI=1S/C12H12FN3/c1-16(12-4-2-3-7-15-12)11-6-5-9(14)8-10(11)13/h2-8H,14H2,1H3. The van der Waals surface area contributed by atoms with Crippen LogP contribution in [-0.2, 0) is 0 Å². The number of nitrogen functional groups attached to an aromatic ring is 1. The molecule has 0 aliphatic carbocycles. The van der Waals surface area contributed by atoms with Gasteiger partial charge in [-0.1, -0.05) is 6.07 Å². The van der Waals surface area contributed by atoms with Crippen molar-refractivity contribution in [1.82, 2.24) is 4.98 Å². The Kier molecular flexibility index (Phi) is 2.72. The monoisotopic (exact) mass is 217 g/mol. The highest BCUT2D eigenvalue weighted by molar-refractivity contribution is 5.62. The highest BCUT2D eigenvalue weighted by Crippen LogP contribution is 2.25. The highest BCUT2D eigenvalue weighted by atomic mass is 19.1. The van der Waals surface area contributed by atoms with Crippen molar-refractivity contribution in [3.05, 3.63) is 48.4 Å². The van der Waals surface area contributed by atoms with Gasteiger partial charge in [0, 0.05) is 18.9 Å². The fourth-order valence-corrected chi connectivity index (χ4v) is 1.47. The summed E-state index contributed by atoms with van der Waals surface area (Å²) in [5, 5.41) is 0. The summed E-state index contributed by atoms with van der Waals surface area (Å²) in [5.74, 6) is 0.333. The van der Waals surface area contributed by atoms with Crippen LogP contribution in [0.2, 0.25) is 0 Å². The molecule has 82 valence electrons. The Morgan fingerprint density at radius 2 is 2.06 bits per heavy atom. The maximum atomic E-state index is 13.6. The van der Waals surface area contributed by atoms with Crippen molar-refractivity contribution in [2.45, 2.75) is 0 Å². The van der Waals surface area contributed by atoms with Gasteiger partial charge < -0.3 is 10.6 Å². The molecule has 1 aromatic carbocycles. The average Bonchev–Trinajstić information content (AvgIpc) is 2.29. The molecule has 4 heteroatoms. The number of rotatable bonds is 2. The summed E-state index contributed by atoms with van der Waals surface area (Å²) < 4.78 is 13.6. The number of pyridine rings is 1. The molecule has 0 aliphatic rings. The Hall–Kier alpha value is -2.10. The third kappa shape index (κ3) is 1.95. The maximum Gasteiger partial charge on any atom is 0.148 e. The van der Waals surface area contributed by atoms with Crippen LogP contribution in [0.3, 0.4) is 0 Å². The molecular formula is C12H12FN3. The molecule has 0 saturated heterocycles. The summed E-state index contributed by atoms with van der Waals surface area (Å²) in [6.07, 6.45) is 1.67. The van der Waals surface area contributed by atoms with Gasteiger partial charge in [-0.15, -0.1) is 0 Å². The topological polar surface area (TPSA) is 42.2 Å². The van der Waals surface area contributed by atoms with Crippen LogP contribution in [0.1, 0.15) is 0 Å². The number of hydrogen-bond donors (Lipinski definition) is 1. The number of halogens is 1. The van der Waals surface area contributed by atoms with Crippen molar-refractivity contribution in [3.63, 3.8) is 0 Å². The van der Waals surface area contributed by atoms with Gasteiger partial charge in [-0.3, -0.25) is 0 Å². The van der Waals surface area contributed by atoms with Crippen molar-refractivity contribution in [2.75, 3.05) is 17.7 Å². The van der Waals surface area contributed by atoms with Crippen molar-refractivity contribution in [1.29, 1.82) is 0 Å². The number of nitrogens with zero attached hydrogens (tertiary/aromatic N) is 2. The van der Waals surface area contributed by atoms with E-state index in [9.17, 15) is 4.39 Å². The fourth-order valence-electron chi connectivity index (χ4n) is 1.47. The normalized spacial score (nSPS) is 10.1. The molecule has 0 atom stereocenters. The lowest BCUT2D eigenvalue weighted by Gasteiger charge is -2.18. The Balaban J connectivity index is 2.38. The van der Waals surface area contributed by atoms with Crippen LogP contribution in [0.4, 0.5) is 21.6 Å². The molecule has 2 N–H and O–H groups in total. The molecular weight excluding hydrogens is 205 g/mol. The second-order valence-electron chi connectivity index (χ2n) is 3.46. The van der Waals surface area contributed by atoms with E-state index < -0.39 is 0 Å². The summed E-state index contributed by atoms with van der Waals surface area (Å²) in [5.41, 5.74) is 6.36. The van der Waals surface area contributed by atoms with Crippen LogP contribution >= 0.6 is 0 Å². The molecule has 2 aromatic rings. The first-order chi connectivity index (χ1) is 7.68. The average molecular weight is 217 g/mol. The third-order valence-electron chi connectivity index (χ3n) is 2.33. The lowest BCUT2D eigenvalue weighted by Crippen LogP contribution is -2.12. The van der Waals surface area contributed by atoms with Gasteiger partial charge in [-0.2, -0.15) is 0 Å². The molecule has 2 rings (SSSR count). The van der Waals surface area contributed by atoms with Gasteiger partial charge in [0.2, 0.25) is 0 Å². The van der Waals surface area contributed by atoms with E-state index in [-0.39, 0.29) is 5.82 Å². The number of anilines is 3. The molecule has 1 heterocycles. The maximum absolute atomic E-state index is 13.6. The van der Waals surface area contributed by atoms with Crippen molar-refractivity contribution in [3.8, 4) is 0 Å². The van der Waals surface area contributed by atoms with Crippen LogP contribution in [0.25, 0.3) is 0 Å². The third-order valence-corrected chi connectivity index (χ3v) is 2.33. The van der Waals surface area contributed by atoms with E-state index in [4.69, 9.17) is 5.73 Å². The number of nitrogens with two attached hydrogens (primary N) is 1. The van der Waals surface area contributed by atoms with Crippen molar-refractivity contribution < 1.29 is 4.39 Å². The Bertz CT molecular complexity index is 485. The van der Waals surface area contributed by atoms with Crippen LogP contribution in [-0.4, -0.2) is 12.0 Å². The zero-order valence-electron chi connectivity index (χ0n) is 8.89. The SMILES string of the molecule is CN(c1ccccn1)c1ccc(N)cc1F.